The van der Waals surface area contributed by atoms with Crippen molar-refractivity contribution < 1.29 is 23.9 Å². The molecule has 0 aromatic heterocycles. The largest absolute Gasteiger partial charge is 0.484 e. The van der Waals surface area contributed by atoms with Gasteiger partial charge < -0.3 is 9.47 Å². The van der Waals surface area contributed by atoms with Gasteiger partial charge >= 0.3 is 5.97 Å². The number of thiocarbonyl (C=S) groups is 1. The Morgan fingerprint density at radius 1 is 1.03 bits per heavy atom. The molecular weight excluding hydrogens is 454 g/mol. The summed E-state index contributed by atoms with van der Waals surface area (Å²) in [4.78, 5) is 35.5. The van der Waals surface area contributed by atoms with Crippen LogP contribution in [0.1, 0.15) is 29.3 Å². The number of ether oxygens (including phenoxy) is 2. The first-order chi connectivity index (χ1) is 15.4. The zero-order chi connectivity index (χ0) is 23.3. The lowest BCUT2D eigenvalue weighted by atomic mass is 10.2. The highest BCUT2D eigenvalue weighted by Crippen LogP contribution is 2.13. The van der Waals surface area contributed by atoms with E-state index in [1.54, 1.807) is 54.6 Å². The number of hydrogen-bond acceptors (Lipinski definition) is 6. The van der Waals surface area contributed by atoms with Crippen LogP contribution < -0.4 is 20.9 Å². The molecule has 0 aliphatic rings. The normalized spacial score (nSPS) is 10.3. The highest BCUT2D eigenvalue weighted by molar-refractivity contribution is 7.80. The van der Waals surface area contributed by atoms with Gasteiger partial charge in [0.15, 0.2) is 11.7 Å². The highest BCUT2D eigenvalue weighted by atomic mass is 35.5. The molecule has 0 atom stereocenters. The second-order valence-electron chi connectivity index (χ2n) is 6.33. The molecule has 0 saturated carbocycles. The van der Waals surface area contributed by atoms with E-state index in [2.05, 4.69) is 16.2 Å². The van der Waals surface area contributed by atoms with Crippen LogP contribution in [0.15, 0.2) is 54.6 Å². The Bertz CT molecular complexity index is 978. The van der Waals surface area contributed by atoms with Gasteiger partial charge in [-0.05, 0) is 66.7 Å². The summed E-state index contributed by atoms with van der Waals surface area (Å²) in [7, 11) is 0. The molecule has 168 valence electrons. The van der Waals surface area contributed by atoms with E-state index in [0.717, 1.165) is 12.0 Å². The van der Waals surface area contributed by atoms with E-state index in [9.17, 15) is 14.4 Å². The lowest BCUT2D eigenvalue weighted by molar-refractivity contribution is -0.123. The monoisotopic (exact) mass is 475 g/mol. The average molecular weight is 476 g/mol. The molecule has 3 N–H and O–H groups in total. The smallest absolute Gasteiger partial charge is 0.338 e. The van der Waals surface area contributed by atoms with Crippen LogP contribution in [-0.4, -0.2) is 36.1 Å². The van der Waals surface area contributed by atoms with Gasteiger partial charge in [0, 0.05) is 11.1 Å². The maximum absolute atomic E-state index is 11.9. The molecular formula is C22H22ClN3O5S. The summed E-state index contributed by atoms with van der Waals surface area (Å²) in [6.45, 7) is 1.95. The molecule has 0 aliphatic carbocycles. The first-order valence-electron chi connectivity index (χ1n) is 9.61. The van der Waals surface area contributed by atoms with Crippen molar-refractivity contribution in [1.29, 1.82) is 0 Å². The first kappa shape index (κ1) is 24.8. The van der Waals surface area contributed by atoms with Crippen LogP contribution in [0.25, 0.3) is 6.08 Å². The van der Waals surface area contributed by atoms with Crippen LogP contribution in [0.4, 0.5) is 0 Å². The SMILES string of the molecule is CCCOC(=O)c1ccc(OCC(=O)NNC(=S)NC(=O)/C=C/c2ccc(Cl)cc2)cc1. The standard InChI is InChI=1S/C22H22ClN3O5S/c1-2-13-30-21(29)16-6-10-18(11-7-16)31-14-20(28)25-26-22(32)24-19(27)12-5-15-3-8-17(23)9-4-15/h3-12H,2,13-14H2,1H3,(H,25,28)(H2,24,26,27,32)/b12-5+. The Hall–Kier alpha value is -3.43. The molecule has 0 bridgehead atoms. The Labute approximate surface area is 195 Å². The van der Waals surface area contributed by atoms with Crippen molar-refractivity contribution in [2.45, 2.75) is 13.3 Å². The minimum Gasteiger partial charge on any atom is -0.484 e. The van der Waals surface area contributed by atoms with E-state index in [4.69, 9.17) is 33.3 Å². The molecule has 2 aromatic carbocycles. The predicted molar refractivity (Wildman–Crippen MR) is 125 cm³/mol. The molecule has 2 aromatic rings. The Morgan fingerprint density at radius 2 is 1.72 bits per heavy atom. The maximum atomic E-state index is 11.9. The number of carbonyl (C=O) groups is 3. The lowest BCUT2D eigenvalue weighted by Crippen LogP contribution is -2.49. The highest BCUT2D eigenvalue weighted by Gasteiger charge is 2.08. The van der Waals surface area contributed by atoms with Crippen molar-refractivity contribution in [3.63, 3.8) is 0 Å². The van der Waals surface area contributed by atoms with E-state index in [-0.39, 0.29) is 11.7 Å². The third-order valence-corrected chi connectivity index (χ3v) is 4.20. The Balaban J connectivity index is 1.68. The topological polar surface area (TPSA) is 106 Å². The van der Waals surface area contributed by atoms with Gasteiger partial charge in [-0.1, -0.05) is 30.7 Å². The average Bonchev–Trinajstić information content (AvgIpc) is 2.79. The van der Waals surface area contributed by atoms with E-state index < -0.39 is 17.8 Å². The summed E-state index contributed by atoms with van der Waals surface area (Å²) in [6.07, 6.45) is 3.63. The van der Waals surface area contributed by atoms with Gasteiger partial charge in [-0.15, -0.1) is 0 Å². The van der Waals surface area contributed by atoms with Crippen molar-refractivity contribution in [3.8, 4) is 5.75 Å². The predicted octanol–water partition coefficient (Wildman–Crippen LogP) is 3.02. The number of hydrazine groups is 1. The quantitative estimate of drug-likeness (QED) is 0.233. The van der Waals surface area contributed by atoms with Gasteiger partial charge in [0.05, 0.1) is 12.2 Å². The summed E-state index contributed by atoms with van der Waals surface area (Å²) in [6, 6.07) is 13.1. The number of rotatable bonds is 8. The zero-order valence-electron chi connectivity index (χ0n) is 17.2. The Morgan fingerprint density at radius 3 is 2.38 bits per heavy atom. The molecule has 2 rings (SSSR count). The zero-order valence-corrected chi connectivity index (χ0v) is 18.8. The summed E-state index contributed by atoms with van der Waals surface area (Å²) >= 11 is 10.8. The molecule has 10 heteroatoms. The summed E-state index contributed by atoms with van der Waals surface area (Å²) in [5.74, 6) is -1.01. The van der Waals surface area contributed by atoms with Gasteiger partial charge in [0.25, 0.3) is 5.91 Å². The van der Waals surface area contributed by atoms with Crippen molar-refractivity contribution >= 4 is 52.8 Å². The fourth-order valence-electron chi connectivity index (χ4n) is 2.21. The van der Waals surface area contributed by atoms with Crippen molar-refractivity contribution in [2.75, 3.05) is 13.2 Å². The number of hydrogen-bond donors (Lipinski definition) is 3. The second kappa shape index (κ2) is 13.1. The van der Waals surface area contributed by atoms with Crippen molar-refractivity contribution in [1.82, 2.24) is 16.2 Å². The fourth-order valence-corrected chi connectivity index (χ4v) is 2.49. The number of halogens is 1. The summed E-state index contributed by atoms with van der Waals surface area (Å²) in [5, 5.41) is 2.90. The summed E-state index contributed by atoms with van der Waals surface area (Å²) in [5.41, 5.74) is 5.90. The second-order valence-corrected chi connectivity index (χ2v) is 7.17. The van der Waals surface area contributed by atoms with Crippen molar-refractivity contribution in [2.24, 2.45) is 0 Å². The molecule has 8 nitrogen and oxygen atoms in total. The third-order valence-electron chi connectivity index (χ3n) is 3.75. The van der Waals surface area contributed by atoms with E-state index >= 15 is 0 Å². The third kappa shape index (κ3) is 9.15. The fraction of sp³-hybridized carbons (Fsp3) is 0.182. The van der Waals surface area contributed by atoms with Crippen LogP contribution in [-0.2, 0) is 14.3 Å². The minimum atomic E-state index is -0.523. The number of amides is 2. The van der Waals surface area contributed by atoms with Crippen LogP contribution in [0.2, 0.25) is 5.02 Å². The first-order valence-corrected chi connectivity index (χ1v) is 10.4. The minimum absolute atomic E-state index is 0.0842. The number of esters is 1. The lowest BCUT2D eigenvalue weighted by Gasteiger charge is -2.11. The molecule has 0 aliphatic heterocycles. The molecule has 0 heterocycles. The molecule has 0 saturated heterocycles. The van der Waals surface area contributed by atoms with E-state index in [1.165, 1.54) is 6.08 Å². The van der Waals surface area contributed by atoms with E-state index in [1.807, 2.05) is 6.92 Å². The van der Waals surface area contributed by atoms with Crippen molar-refractivity contribution in [3.05, 3.63) is 70.8 Å². The Kier molecular flexibility index (Phi) is 10.2. The molecule has 0 radical (unpaired) electrons. The number of nitrogens with one attached hydrogen (secondary N) is 3. The van der Waals surface area contributed by atoms with Gasteiger partial charge in [-0.3, -0.25) is 25.8 Å². The number of carbonyl (C=O) groups excluding carboxylic acids is 3. The van der Waals surface area contributed by atoms with Crippen LogP contribution in [0.3, 0.4) is 0 Å². The molecule has 0 unspecified atom stereocenters. The van der Waals surface area contributed by atoms with Crippen LogP contribution in [0, 0.1) is 0 Å². The number of benzene rings is 2. The van der Waals surface area contributed by atoms with Gasteiger partial charge in [0.1, 0.15) is 5.75 Å². The molecule has 0 fully saturated rings. The van der Waals surface area contributed by atoms with Crippen LogP contribution >= 0.6 is 23.8 Å². The molecule has 2 amide bonds. The summed E-state index contributed by atoms with van der Waals surface area (Å²) < 4.78 is 10.4. The van der Waals surface area contributed by atoms with Gasteiger partial charge in [-0.2, -0.15) is 0 Å². The molecule has 32 heavy (non-hydrogen) atoms. The van der Waals surface area contributed by atoms with Crippen LogP contribution in [0.5, 0.6) is 5.75 Å². The van der Waals surface area contributed by atoms with E-state index in [0.29, 0.717) is 22.9 Å². The van der Waals surface area contributed by atoms with Gasteiger partial charge in [-0.25, -0.2) is 4.79 Å². The van der Waals surface area contributed by atoms with Gasteiger partial charge in [0.2, 0.25) is 5.91 Å². The maximum Gasteiger partial charge on any atom is 0.338 e. The molecule has 0 spiro atoms.